The zero-order chi connectivity index (χ0) is 13.9. The Morgan fingerprint density at radius 2 is 2.15 bits per heavy atom. The lowest BCUT2D eigenvalue weighted by molar-refractivity contribution is 0.102. The molecule has 2 N–H and O–H groups in total. The fourth-order valence-electron chi connectivity index (χ4n) is 1.85. The van der Waals surface area contributed by atoms with Gasteiger partial charge >= 0.3 is 0 Å². The van der Waals surface area contributed by atoms with E-state index in [1.54, 1.807) is 13.1 Å². The molecule has 0 aliphatic rings. The van der Waals surface area contributed by atoms with Crippen LogP contribution in [-0.4, -0.2) is 32.7 Å². The first-order chi connectivity index (χ1) is 9.78. The Hall–Kier alpha value is -2.61. The first kappa shape index (κ1) is 12.4. The molecule has 0 radical (unpaired) electrons. The minimum atomic E-state index is -0.342. The Bertz CT molecular complexity index is 758. The molecule has 0 atom stereocenters. The van der Waals surface area contributed by atoms with Gasteiger partial charge in [0.25, 0.3) is 5.91 Å². The highest BCUT2D eigenvalue weighted by atomic mass is 32.1. The van der Waals surface area contributed by atoms with E-state index in [1.807, 2.05) is 24.3 Å². The lowest BCUT2D eigenvalue weighted by Crippen LogP contribution is -2.14. The lowest BCUT2D eigenvalue weighted by atomic mass is 10.1. The number of nitrogens with one attached hydrogen (secondary N) is 2. The van der Waals surface area contributed by atoms with E-state index in [2.05, 4.69) is 30.4 Å². The minimum Gasteiger partial charge on any atom is -0.373 e. The van der Waals surface area contributed by atoms with Crippen molar-refractivity contribution in [3.8, 4) is 0 Å². The Morgan fingerprint density at radius 1 is 1.30 bits per heavy atom. The highest BCUT2D eigenvalue weighted by Gasteiger charge is 2.13. The first-order valence-corrected chi connectivity index (χ1v) is 6.59. The third-order valence-electron chi connectivity index (χ3n) is 2.73. The SMILES string of the molecule is CNc1nc(C(=O)Nc2nnns2)cc2ccccc12. The fourth-order valence-corrected chi connectivity index (χ4v) is 2.21. The molecular formula is C12H10N6OS. The molecule has 7 nitrogen and oxygen atoms in total. The molecule has 1 amide bonds. The summed E-state index contributed by atoms with van der Waals surface area (Å²) in [5.41, 5.74) is 0.309. The number of carbonyl (C=O) groups is 1. The minimum absolute atomic E-state index is 0.309. The maximum atomic E-state index is 12.1. The van der Waals surface area contributed by atoms with E-state index in [0.717, 1.165) is 22.3 Å². The Kier molecular flexibility index (Phi) is 3.21. The maximum Gasteiger partial charge on any atom is 0.276 e. The van der Waals surface area contributed by atoms with Gasteiger partial charge in [0.1, 0.15) is 11.5 Å². The van der Waals surface area contributed by atoms with Crippen molar-refractivity contribution in [2.24, 2.45) is 0 Å². The number of anilines is 2. The van der Waals surface area contributed by atoms with Gasteiger partial charge in [0.15, 0.2) is 0 Å². The van der Waals surface area contributed by atoms with Gasteiger partial charge < -0.3 is 5.32 Å². The van der Waals surface area contributed by atoms with Crippen LogP contribution in [0.25, 0.3) is 10.8 Å². The van der Waals surface area contributed by atoms with Crippen LogP contribution in [0.2, 0.25) is 0 Å². The van der Waals surface area contributed by atoms with Crippen LogP contribution < -0.4 is 10.6 Å². The lowest BCUT2D eigenvalue weighted by Gasteiger charge is -2.08. The number of nitrogens with zero attached hydrogens (tertiary/aromatic N) is 4. The summed E-state index contributed by atoms with van der Waals surface area (Å²) >= 11 is 1.01. The van der Waals surface area contributed by atoms with Crippen molar-refractivity contribution >= 4 is 39.2 Å². The van der Waals surface area contributed by atoms with E-state index < -0.39 is 0 Å². The van der Waals surface area contributed by atoms with E-state index in [4.69, 9.17) is 0 Å². The van der Waals surface area contributed by atoms with Crippen molar-refractivity contribution in [2.75, 3.05) is 17.7 Å². The molecule has 0 spiro atoms. The molecule has 0 aliphatic heterocycles. The van der Waals surface area contributed by atoms with Crippen molar-refractivity contribution in [3.05, 3.63) is 36.0 Å². The van der Waals surface area contributed by atoms with Gasteiger partial charge in [0, 0.05) is 24.0 Å². The van der Waals surface area contributed by atoms with Crippen LogP contribution in [0.3, 0.4) is 0 Å². The van der Waals surface area contributed by atoms with Crippen molar-refractivity contribution in [1.29, 1.82) is 0 Å². The van der Waals surface area contributed by atoms with Crippen LogP contribution in [0, 0.1) is 0 Å². The summed E-state index contributed by atoms with van der Waals surface area (Å²) in [6.45, 7) is 0. The summed E-state index contributed by atoms with van der Waals surface area (Å²) in [6, 6.07) is 9.46. The van der Waals surface area contributed by atoms with Gasteiger partial charge in [-0.1, -0.05) is 33.9 Å². The van der Waals surface area contributed by atoms with Crippen LogP contribution in [0.4, 0.5) is 10.9 Å². The van der Waals surface area contributed by atoms with E-state index in [-0.39, 0.29) is 5.91 Å². The van der Waals surface area contributed by atoms with Gasteiger partial charge in [-0.3, -0.25) is 10.1 Å². The molecule has 0 unspecified atom stereocenters. The summed E-state index contributed by atoms with van der Waals surface area (Å²) in [6.07, 6.45) is 0. The number of rotatable bonds is 3. The van der Waals surface area contributed by atoms with Gasteiger partial charge in [-0.2, -0.15) is 0 Å². The number of pyridine rings is 1. The van der Waals surface area contributed by atoms with E-state index >= 15 is 0 Å². The maximum absolute atomic E-state index is 12.1. The van der Waals surface area contributed by atoms with Crippen molar-refractivity contribution in [3.63, 3.8) is 0 Å². The average molecular weight is 286 g/mol. The van der Waals surface area contributed by atoms with Crippen LogP contribution in [0.5, 0.6) is 0 Å². The third-order valence-corrected chi connectivity index (χ3v) is 3.24. The normalized spacial score (nSPS) is 10.4. The molecule has 0 bridgehead atoms. The highest BCUT2D eigenvalue weighted by Crippen LogP contribution is 2.22. The second-order valence-electron chi connectivity index (χ2n) is 3.95. The molecule has 2 aromatic heterocycles. The Labute approximate surface area is 118 Å². The smallest absolute Gasteiger partial charge is 0.276 e. The number of carbonyl (C=O) groups excluding carboxylic acids is 1. The number of amides is 1. The van der Waals surface area contributed by atoms with Gasteiger partial charge in [-0.15, -0.1) is 0 Å². The quantitative estimate of drug-likeness (QED) is 0.762. The molecular weight excluding hydrogens is 276 g/mol. The number of hydrogen-bond acceptors (Lipinski definition) is 7. The van der Waals surface area contributed by atoms with Gasteiger partial charge in [-0.05, 0) is 16.7 Å². The number of aromatic nitrogens is 4. The predicted octanol–water partition coefficient (Wildman–Crippen LogP) is 1.78. The Balaban J connectivity index is 2.01. The monoisotopic (exact) mass is 286 g/mol. The third kappa shape index (κ3) is 2.28. The summed E-state index contributed by atoms with van der Waals surface area (Å²) in [4.78, 5) is 16.4. The molecule has 3 rings (SSSR count). The standard InChI is InChI=1S/C12H10N6OS/c1-13-10-8-5-3-2-4-7(8)6-9(14-10)11(19)15-12-16-17-18-20-12/h2-6H,1H3,(H,13,14)(H,15,16,18,19). The van der Waals surface area contributed by atoms with Crippen molar-refractivity contribution < 1.29 is 4.79 Å². The summed E-state index contributed by atoms with van der Waals surface area (Å²) in [7, 11) is 1.77. The molecule has 2 heterocycles. The number of hydrogen-bond donors (Lipinski definition) is 2. The van der Waals surface area contributed by atoms with E-state index in [9.17, 15) is 4.79 Å². The van der Waals surface area contributed by atoms with E-state index in [1.165, 1.54) is 0 Å². The molecule has 3 aromatic rings. The topological polar surface area (TPSA) is 92.7 Å². The van der Waals surface area contributed by atoms with Crippen LogP contribution >= 0.6 is 11.5 Å². The molecule has 20 heavy (non-hydrogen) atoms. The van der Waals surface area contributed by atoms with Gasteiger partial charge in [-0.25, -0.2) is 4.98 Å². The zero-order valence-electron chi connectivity index (χ0n) is 10.5. The van der Waals surface area contributed by atoms with E-state index in [0.29, 0.717) is 16.6 Å². The molecule has 0 aliphatic carbocycles. The Morgan fingerprint density at radius 3 is 2.90 bits per heavy atom. The second-order valence-corrected chi connectivity index (χ2v) is 4.68. The zero-order valence-corrected chi connectivity index (χ0v) is 11.3. The number of fused-ring (bicyclic) bond motifs is 1. The molecule has 0 saturated heterocycles. The van der Waals surface area contributed by atoms with Crippen LogP contribution in [0.15, 0.2) is 30.3 Å². The molecule has 0 saturated carbocycles. The average Bonchev–Trinajstić information content (AvgIpc) is 2.99. The fraction of sp³-hybridized carbons (Fsp3) is 0.0833. The van der Waals surface area contributed by atoms with Crippen molar-refractivity contribution in [1.82, 2.24) is 19.8 Å². The largest absolute Gasteiger partial charge is 0.373 e. The second kappa shape index (κ2) is 5.17. The van der Waals surface area contributed by atoms with Crippen molar-refractivity contribution in [2.45, 2.75) is 0 Å². The molecule has 1 aromatic carbocycles. The molecule has 8 heteroatoms. The first-order valence-electron chi connectivity index (χ1n) is 5.82. The van der Waals surface area contributed by atoms with Crippen LogP contribution in [-0.2, 0) is 0 Å². The van der Waals surface area contributed by atoms with Gasteiger partial charge in [0.05, 0.1) is 0 Å². The summed E-state index contributed by atoms with van der Waals surface area (Å²) in [5.74, 6) is 0.314. The van der Waals surface area contributed by atoms with Crippen LogP contribution in [0.1, 0.15) is 10.5 Å². The molecule has 0 fully saturated rings. The predicted molar refractivity (Wildman–Crippen MR) is 76.9 cm³/mol. The summed E-state index contributed by atoms with van der Waals surface area (Å²) < 4.78 is 3.59. The highest BCUT2D eigenvalue weighted by molar-refractivity contribution is 7.09. The van der Waals surface area contributed by atoms with Gasteiger partial charge in [0.2, 0.25) is 5.13 Å². The molecule has 100 valence electrons. The summed E-state index contributed by atoms with van der Waals surface area (Å²) in [5, 5.41) is 14.9. The number of benzene rings is 1.